The first kappa shape index (κ1) is 13.6. The molecule has 1 aromatic carbocycles. The van der Waals surface area contributed by atoms with E-state index in [4.69, 9.17) is 4.63 Å². The highest BCUT2D eigenvalue weighted by Gasteiger charge is 2.36. The van der Waals surface area contributed by atoms with Gasteiger partial charge in [0.25, 0.3) is 0 Å². The molecule has 0 bridgehead atoms. The summed E-state index contributed by atoms with van der Waals surface area (Å²) in [4.78, 5) is 4.61. The van der Waals surface area contributed by atoms with Crippen molar-refractivity contribution >= 4 is 22.6 Å². The molecular formula is C16H14N6O. The van der Waals surface area contributed by atoms with E-state index >= 15 is 0 Å². The molecule has 0 radical (unpaired) electrons. The molecule has 0 saturated heterocycles. The Labute approximate surface area is 132 Å². The van der Waals surface area contributed by atoms with Gasteiger partial charge in [0, 0.05) is 17.2 Å². The second-order valence-corrected chi connectivity index (χ2v) is 5.59. The second kappa shape index (κ2) is 5.32. The Bertz CT molecular complexity index is 931. The fourth-order valence-corrected chi connectivity index (χ4v) is 3.23. The Morgan fingerprint density at radius 2 is 2.22 bits per heavy atom. The number of aliphatic imine (C=N–C) groups is 1. The van der Waals surface area contributed by atoms with E-state index in [2.05, 4.69) is 38.5 Å². The summed E-state index contributed by atoms with van der Waals surface area (Å²) in [6.07, 6.45) is 3.45. The number of nitriles is 1. The summed E-state index contributed by atoms with van der Waals surface area (Å²) in [5, 5.41) is 24.7. The molecule has 7 heteroatoms. The Morgan fingerprint density at radius 1 is 1.30 bits per heavy atom. The number of nitrogens with zero attached hydrogens (tertiary/aromatic N) is 5. The van der Waals surface area contributed by atoms with E-state index in [-0.39, 0.29) is 11.8 Å². The van der Waals surface area contributed by atoms with Crippen molar-refractivity contribution in [2.24, 2.45) is 10.9 Å². The maximum absolute atomic E-state index is 9.78. The summed E-state index contributed by atoms with van der Waals surface area (Å²) in [6, 6.07) is 8.14. The van der Waals surface area contributed by atoms with Crippen LogP contribution in [0.3, 0.4) is 0 Å². The van der Waals surface area contributed by atoms with Crippen LogP contribution < -0.4 is 0 Å². The molecule has 3 aromatic rings. The minimum Gasteiger partial charge on any atom is -0.261 e. The van der Waals surface area contributed by atoms with Crippen LogP contribution in [-0.2, 0) is 0 Å². The Kier molecular flexibility index (Phi) is 3.15. The molecule has 114 valence electrons. The van der Waals surface area contributed by atoms with Crippen LogP contribution in [0.2, 0.25) is 0 Å². The molecule has 1 aliphatic rings. The van der Waals surface area contributed by atoms with Gasteiger partial charge in [0.05, 0.1) is 18.2 Å². The van der Waals surface area contributed by atoms with Gasteiger partial charge in [-0.15, -0.1) is 0 Å². The number of aromatic nitrogens is 4. The Balaban J connectivity index is 1.94. The van der Waals surface area contributed by atoms with Gasteiger partial charge in [-0.25, -0.2) is 9.62 Å². The molecule has 2 atom stereocenters. The van der Waals surface area contributed by atoms with E-state index in [0.29, 0.717) is 11.0 Å². The fraction of sp³-hybridized carbons (Fsp3) is 0.312. The molecule has 0 amide bonds. The van der Waals surface area contributed by atoms with Crippen LogP contribution in [0.4, 0.5) is 5.82 Å². The standard InChI is InChI=1S/C16H14N6O/c1-2-4-12-10(7-17)14(11-8-18-20-16(11)19-12)9-5-3-6-13-15(9)22-23-21-13/h3,5-6,8,10,14H,2,4H2,1H3,(H,18,20)/t10?,14-/m0/s1. The average molecular weight is 306 g/mol. The summed E-state index contributed by atoms with van der Waals surface area (Å²) < 4.78 is 4.87. The molecule has 0 aliphatic carbocycles. The molecule has 0 spiro atoms. The van der Waals surface area contributed by atoms with Crippen molar-refractivity contribution < 1.29 is 4.63 Å². The lowest BCUT2D eigenvalue weighted by Crippen LogP contribution is -2.25. The number of hydrogen-bond acceptors (Lipinski definition) is 6. The zero-order valence-corrected chi connectivity index (χ0v) is 12.5. The molecule has 7 nitrogen and oxygen atoms in total. The van der Waals surface area contributed by atoms with Crippen LogP contribution in [0.1, 0.15) is 36.8 Å². The first-order valence-electron chi connectivity index (χ1n) is 7.55. The van der Waals surface area contributed by atoms with Gasteiger partial charge in [-0.3, -0.25) is 5.10 Å². The molecule has 1 aliphatic heterocycles. The highest BCUT2D eigenvalue weighted by atomic mass is 16.6. The molecule has 4 rings (SSSR count). The summed E-state index contributed by atoms with van der Waals surface area (Å²) in [6.45, 7) is 2.08. The zero-order chi connectivity index (χ0) is 15.8. The van der Waals surface area contributed by atoms with Crippen LogP contribution in [0.15, 0.2) is 34.0 Å². The van der Waals surface area contributed by atoms with Crippen molar-refractivity contribution in [3.05, 3.63) is 35.5 Å². The molecular weight excluding hydrogens is 292 g/mol. The van der Waals surface area contributed by atoms with E-state index < -0.39 is 0 Å². The Hall–Kier alpha value is -3.01. The number of rotatable bonds is 3. The van der Waals surface area contributed by atoms with Gasteiger partial charge in [-0.1, -0.05) is 25.5 Å². The number of fused-ring (bicyclic) bond motifs is 2. The van der Waals surface area contributed by atoms with Crippen molar-refractivity contribution in [2.75, 3.05) is 0 Å². The van der Waals surface area contributed by atoms with Crippen molar-refractivity contribution in [2.45, 2.75) is 25.7 Å². The summed E-state index contributed by atoms with van der Waals surface area (Å²) in [7, 11) is 0. The lowest BCUT2D eigenvalue weighted by atomic mass is 9.76. The summed E-state index contributed by atoms with van der Waals surface area (Å²) in [5.74, 6) is 0.198. The van der Waals surface area contributed by atoms with E-state index in [9.17, 15) is 5.26 Å². The van der Waals surface area contributed by atoms with E-state index in [1.165, 1.54) is 0 Å². The predicted octanol–water partition coefficient (Wildman–Crippen LogP) is 3.10. The third-order valence-corrected chi connectivity index (χ3v) is 4.23. The van der Waals surface area contributed by atoms with Crippen LogP contribution in [-0.4, -0.2) is 26.2 Å². The molecule has 1 N–H and O–H groups in total. The third kappa shape index (κ3) is 2.03. The van der Waals surface area contributed by atoms with Crippen LogP contribution in [0.5, 0.6) is 0 Å². The first-order chi connectivity index (χ1) is 11.3. The van der Waals surface area contributed by atoms with Crippen LogP contribution in [0, 0.1) is 17.2 Å². The van der Waals surface area contributed by atoms with Crippen molar-refractivity contribution in [3.63, 3.8) is 0 Å². The molecule has 0 fully saturated rings. The molecule has 1 unspecified atom stereocenters. The van der Waals surface area contributed by atoms with Gasteiger partial charge in [-0.2, -0.15) is 10.4 Å². The monoisotopic (exact) mass is 306 g/mol. The quantitative estimate of drug-likeness (QED) is 0.800. The van der Waals surface area contributed by atoms with Crippen molar-refractivity contribution in [1.29, 1.82) is 5.26 Å². The minimum atomic E-state index is -0.345. The third-order valence-electron chi connectivity index (χ3n) is 4.23. The Morgan fingerprint density at radius 3 is 3.04 bits per heavy atom. The molecule has 3 heterocycles. The maximum atomic E-state index is 9.78. The SMILES string of the molecule is CCCC1=Nc2[nH]ncc2[C@@H](c2cccc3nonc23)C1C#N. The number of aromatic amines is 1. The highest BCUT2D eigenvalue weighted by molar-refractivity contribution is 5.95. The van der Waals surface area contributed by atoms with Crippen LogP contribution >= 0.6 is 0 Å². The number of nitrogens with one attached hydrogen (secondary N) is 1. The molecule has 2 aromatic heterocycles. The van der Waals surface area contributed by atoms with Gasteiger partial charge in [0.2, 0.25) is 0 Å². The highest BCUT2D eigenvalue weighted by Crippen LogP contribution is 2.43. The van der Waals surface area contributed by atoms with Crippen LogP contribution in [0.25, 0.3) is 11.0 Å². The average Bonchev–Trinajstić information content (AvgIpc) is 3.22. The predicted molar refractivity (Wildman–Crippen MR) is 83.3 cm³/mol. The fourth-order valence-electron chi connectivity index (χ4n) is 3.23. The van der Waals surface area contributed by atoms with Gasteiger partial charge < -0.3 is 0 Å². The molecule has 23 heavy (non-hydrogen) atoms. The largest absolute Gasteiger partial charge is 0.261 e. The van der Waals surface area contributed by atoms with Gasteiger partial charge in [0.15, 0.2) is 5.82 Å². The van der Waals surface area contributed by atoms with E-state index in [1.54, 1.807) is 6.20 Å². The lowest BCUT2D eigenvalue weighted by Gasteiger charge is -2.27. The van der Waals surface area contributed by atoms with Crippen molar-refractivity contribution in [1.82, 2.24) is 20.5 Å². The van der Waals surface area contributed by atoms with Gasteiger partial charge in [0.1, 0.15) is 11.0 Å². The summed E-state index contributed by atoms with van der Waals surface area (Å²) in [5.41, 5.74) is 4.07. The minimum absolute atomic E-state index is 0.177. The number of H-pyrrole nitrogens is 1. The van der Waals surface area contributed by atoms with Gasteiger partial charge >= 0.3 is 0 Å². The van der Waals surface area contributed by atoms with E-state index in [0.717, 1.165) is 35.5 Å². The van der Waals surface area contributed by atoms with Crippen molar-refractivity contribution in [3.8, 4) is 6.07 Å². The van der Waals surface area contributed by atoms with Gasteiger partial charge in [-0.05, 0) is 28.4 Å². The van der Waals surface area contributed by atoms with E-state index in [1.807, 2.05) is 18.2 Å². The summed E-state index contributed by atoms with van der Waals surface area (Å²) >= 11 is 0. The number of hydrogen-bond donors (Lipinski definition) is 1. The maximum Gasteiger partial charge on any atom is 0.151 e. The second-order valence-electron chi connectivity index (χ2n) is 5.59. The smallest absolute Gasteiger partial charge is 0.151 e. The lowest BCUT2D eigenvalue weighted by molar-refractivity contribution is 0.315. The zero-order valence-electron chi connectivity index (χ0n) is 12.5. The number of benzene rings is 1. The normalized spacial score (nSPS) is 20.1. The molecule has 0 saturated carbocycles. The topological polar surface area (TPSA) is 104 Å². The first-order valence-corrected chi connectivity index (χ1v) is 7.55.